The Kier molecular flexibility index (Phi) is 10.6. The van der Waals surface area contributed by atoms with Gasteiger partial charge in [0.25, 0.3) is 5.91 Å². The number of amides is 3. The standard InChI is InChI=1S/C25H28N6O3.HI.4H2/c1-2-23(32)28-19-6-3-5-16(15-19)24(33)29-17-9-11-18(12-10-17)30-25(34)22-8-4-7-21(31-22)20(27)13-14-26;;;;;/h2,4,7-14,16,19,26H,1,3,5-6,15,27H2,(H,28,32)(H,29,33)(H,30,34);5*1H/b20-13-,26-14?;;;;;/t16-,19+;;;;;/m1...../s1. The van der Waals surface area contributed by atoms with Gasteiger partial charge in [0.05, 0.1) is 11.4 Å². The molecule has 1 aromatic carbocycles. The summed E-state index contributed by atoms with van der Waals surface area (Å²) in [6.45, 7) is 3.46. The van der Waals surface area contributed by atoms with Crippen LogP contribution in [0.2, 0.25) is 0 Å². The fourth-order valence-electron chi connectivity index (χ4n) is 3.79. The van der Waals surface area contributed by atoms with Crippen molar-refractivity contribution in [3.63, 3.8) is 0 Å². The third-order valence-corrected chi connectivity index (χ3v) is 5.53. The summed E-state index contributed by atoms with van der Waals surface area (Å²) in [5, 5.41) is 15.6. The number of carbonyl (C=O) groups is 3. The molecule has 0 spiro atoms. The number of allylic oxidation sites excluding steroid dienone is 1. The van der Waals surface area contributed by atoms with Crippen LogP contribution in [0.1, 0.15) is 47.6 Å². The summed E-state index contributed by atoms with van der Waals surface area (Å²) in [6, 6.07) is 11.7. The topological polar surface area (TPSA) is 150 Å². The Labute approximate surface area is 227 Å². The monoisotopic (exact) mass is 596 g/mol. The molecule has 2 aromatic rings. The molecular formula is C25H37IN6O3. The predicted octanol–water partition coefficient (Wildman–Crippen LogP) is 4.68. The minimum atomic E-state index is -0.406. The number of nitrogens with two attached hydrogens (primary N) is 1. The molecule has 1 saturated carbocycles. The number of rotatable bonds is 8. The lowest BCUT2D eigenvalue weighted by Gasteiger charge is -2.28. The Balaban J connectivity index is -0.00000259. The van der Waals surface area contributed by atoms with E-state index in [9.17, 15) is 14.4 Å². The summed E-state index contributed by atoms with van der Waals surface area (Å²) >= 11 is 0. The van der Waals surface area contributed by atoms with Gasteiger partial charge in [0.15, 0.2) is 0 Å². The first-order valence-corrected chi connectivity index (χ1v) is 11.0. The van der Waals surface area contributed by atoms with Gasteiger partial charge in [-0.25, -0.2) is 4.98 Å². The van der Waals surface area contributed by atoms with E-state index in [2.05, 4.69) is 27.5 Å². The molecule has 35 heavy (non-hydrogen) atoms. The highest BCUT2D eigenvalue weighted by Crippen LogP contribution is 2.26. The number of benzene rings is 1. The van der Waals surface area contributed by atoms with E-state index in [1.54, 1.807) is 42.5 Å². The number of pyridine rings is 1. The second-order valence-electron chi connectivity index (χ2n) is 7.99. The predicted molar refractivity (Wildman–Crippen MR) is 156 cm³/mol. The first-order valence-electron chi connectivity index (χ1n) is 11.0. The van der Waals surface area contributed by atoms with Crippen LogP contribution in [0.15, 0.2) is 61.2 Å². The minimum absolute atomic E-state index is 0. The van der Waals surface area contributed by atoms with Crippen LogP contribution < -0.4 is 21.7 Å². The smallest absolute Gasteiger partial charge is 0.274 e. The average Bonchev–Trinajstić information content (AvgIpc) is 2.85. The van der Waals surface area contributed by atoms with Crippen molar-refractivity contribution in [1.29, 1.82) is 5.41 Å². The molecular weight excluding hydrogens is 559 g/mol. The summed E-state index contributed by atoms with van der Waals surface area (Å²) in [5.74, 6) is -0.908. The Morgan fingerprint density at radius 3 is 2.37 bits per heavy atom. The SMILES string of the molecule is C=CC(=O)N[C@H]1CCC[C@@H](C(=O)Nc2ccc(NC(=O)c3cccc(/C(N)=C/C=N)n3)cc2)C1.I.[HH].[HH].[HH].[HH]. The van der Waals surface area contributed by atoms with Crippen molar-refractivity contribution < 1.29 is 20.1 Å². The molecule has 192 valence electrons. The van der Waals surface area contributed by atoms with Gasteiger partial charge in [0.2, 0.25) is 11.8 Å². The molecule has 1 aliphatic rings. The Hall–Kier alpha value is -3.54. The lowest BCUT2D eigenvalue weighted by Crippen LogP contribution is -2.40. The summed E-state index contributed by atoms with van der Waals surface area (Å²) in [5.41, 5.74) is 7.87. The van der Waals surface area contributed by atoms with Crippen molar-refractivity contribution in [2.45, 2.75) is 31.7 Å². The van der Waals surface area contributed by atoms with Gasteiger partial charge in [-0.15, -0.1) is 24.0 Å². The quantitative estimate of drug-likeness (QED) is 0.170. The minimum Gasteiger partial charge on any atom is -0.397 e. The molecule has 1 aromatic heterocycles. The maximum Gasteiger partial charge on any atom is 0.274 e. The van der Waals surface area contributed by atoms with Gasteiger partial charge in [-0.3, -0.25) is 14.4 Å². The Bertz CT molecular complexity index is 1140. The highest BCUT2D eigenvalue weighted by atomic mass is 127. The Morgan fingerprint density at radius 2 is 1.71 bits per heavy atom. The van der Waals surface area contributed by atoms with Crippen molar-refractivity contribution in [1.82, 2.24) is 10.3 Å². The molecule has 0 bridgehead atoms. The van der Waals surface area contributed by atoms with Gasteiger partial charge in [0.1, 0.15) is 5.69 Å². The van der Waals surface area contributed by atoms with E-state index >= 15 is 0 Å². The Morgan fingerprint density at radius 1 is 1.06 bits per heavy atom. The van der Waals surface area contributed by atoms with Gasteiger partial charge in [0, 0.05) is 35.3 Å². The average molecular weight is 597 g/mol. The molecule has 3 rings (SSSR count). The first kappa shape index (κ1) is 27.7. The molecule has 0 saturated heterocycles. The van der Waals surface area contributed by atoms with Gasteiger partial charge in [-0.2, -0.15) is 0 Å². The maximum atomic E-state index is 12.7. The van der Waals surface area contributed by atoms with Crippen LogP contribution in [-0.2, 0) is 9.59 Å². The fraction of sp³-hybridized carbons (Fsp3) is 0.240. The molecule has 1 fully saturated rings. The van der Waals surface area contributed by atoms with Gasteiger partial charge < -0.3 is 27.1 Å². The summed E-state index contributed by atoms with van der Waals surface area (Å²) in [7, 11) is 0. The van der Waals surface area contributed by atoms with Crippen molar-refractivity contribution in [3.8, 4) is 0 Å². The van der Waals surface area contributed by atoms with Crippen molar-refractivity contribution in [2.24, 2.45) is 11.7 Å². The van der Waals surface area contributed by atoms with Gasteiger partial charge in [-0.1, -0.05) is 19.1 Å². The lowest BCUT2D eigenvalue weighted by atomic mass is 9.85. The zero-order chi connectivity index (χ0) is 24.5. The number of halogens is 1. The van der Waals surface area contributed by atoms with E-state index in [1.165, 1.54) is 12.2 Å². The molecule has 3 amide bonds. The maximum absolute atomic E-state index is 12.7. The first-order chi connectivity index (χ1) is 16.4. The van der Waals surface area contributed by atoms with Crippen molar-refractivity contribution >= 4 is 65.0 Å². The van der Waals surface area contributed by atoms with E-state index < -0.39 is 5.91 Å². The van der Waals surface area contributed by atoms with Crippen LogP contribution in [0, 0.1) is 11.3 Å². The van der Waals surface area contributed by atoms with Crippen LogP contribution in [0.3, 0.4) is 0 Å². The van der Waals surface area contributed by atoms with E-state index in [0.29, 0.717) is 23.5 Å². The number of aromatic nitrogens is 1. The number of anilines is 2. The van der Waals surface area contributed by atoms with Gasteiger partial charge in [-0.05, 0) is 67.8 Å². The van der Waals surface area contributed by atoms with Crippen LogP contribution in [0.4, 0.5) is 11.4 Å². The molecule has 0 aliphatic heterocycles. The van der Waals surface area contributed by atoms with E-state index in [0.717, 1.165) is 25.5 Å². The van der Waals surface area contributed by atoms with E-state index in [4.69, 9.17) is 11.1 Å². The molecule has 10 heteroatoms. The zero-order valence-corrected chi connectivity index (χ0v) is 21.5. The van der Waals surface area contributed by atoms with Crippen LogP contribution >= 0.6 is 24.0 Å². The number of nitrogens with one attached hydrogen (secondary N) is 4. The number of nitrogens with zero attached hydrogens (tertiary/aromatic N) is 1. The molecule has 1 aliphatic carbocycles. The highest BCUT2D eigenvalue weighted by Gasteiger charge is 2.27. The summed E-state index contributed by atoms with van der Waals surface area (Å²) < 4.78 is 0. The summed E-state index contributed by atoms with van der Waals surface area (Å²) in [4.78, 5) is 41.0. The highest BCUT2D eigenvalue weighted by molar-refractivity contribution is 14.0. The van der Waals surface area contributed by atoms with Gasteiger partial charge >= 0.3 is 0 Å². The molecule has 9 nitrogen and oxygen atoms in total. The molecule has 6 N–H and O–H groups in total. The van der Waals surface area contributed by atoms with E-state index in [-0.39, 0.29) is 64.8 Å². The second kappa shape index (κ2) is 13.4. The second-order valence-corrected chi connectivity index (χ2v) is 7.99. The molecule has 0 radical (unpaired) electrons. The van der Waals surface area contributed by atoms with Crippen molar-refractivity contribution in [3.05, 3.63) is 72.6 Å². The molecule has 1 heterocycles. The van der Waals surface area contributed by atoms with Crippen molar-refractivity contribution in [2.75, 3.05) is 10.6 Å². The molecule has 2 atom stereocenters. The van der Waals surface area contributed by atoms with Crippen LogP contribution in [0.5, 0.6) is 0 Å². The number of hydrogen-bond donors (Lipinski definition) is 5. The molecule has 0 unspecified atom stereocenters. The third kappa shape index (κ3) is 8.02. The van der Waals surface area contributed by atoms with Crippen LogP contribution in [-0.4, -0.2) is 35.0 Å². The van der Waals surface area contributed by atoms with Crippen LogP contribution in [0.25, 0.3) is 5.70 Å². The largest absolute Gasteiger partial charge is 0.397 e. The zero-order valence-electron chi connectivity index (χ0n) is 19.1. The van der Waals surface area contributed by atoms with E-state index in [1.807, 2.05) is 0 Å². The lowest BCUT2D eigenvalue weighted by molar-refractivity contribution is -0.122. The fourth-order valence-corrected chi connectivity index (χ4v) is 3.79. The normalized spacial score (nSPS) is 17.3. The number of carbonyl (C=O) groups excluding carboxylic acids is 3. The summed E-state index contributed by atoms with van der Waals surface area (Å²) in [6.07, 6.45) is 6.75. The number of hydrogen-bond acceptors (Lipinski definition) is 6. The third-order valence-electron chi connectivity index (χ3n) is 5.53.